The molecule has 8 nitrogen and oxygen atoms in total. The highest BCUT2D eigenvalue weighted by Crippen LogP contribution is 2.17. The molecule has 0 N–H and O–H groups in total. The maximum absolute atomic E-state index is 12.4. The van der Waals surface area contributed by atoms with Gasteiger partial charge in [-0.15, -0.1) is 5.10 Å². The molecule has 1 atom stereocenters. The molecule has 1 aliphatic rings. The van der Waals surface area contributed by atoms with Crippen molar-refractivity contribution >= 4 is 5.91 Å². The molecule has 2 aromatic heterocycles. The van der Waals surface area contributed by atoms with Crippen LogP contribution in [0.25, 0.3) is 0 Å². The number of ether oxygens (including phenoxy) is 1. The standard InChI is InChI=1S/C15H20N6O2/c1-10-7-11(2)17-15(16-10)23-12-5-4-6-21(8-12)14(22)13-9-20(3)19-18-13/h7,9,12H,4-6,8H2,1-3H3/t12-/m0/s1. The van der Waals surface area contributed by atoms with Crippen LogP contribution >= 0.6 is 0 Å². The zero-order chi connectivity index (χ0) is 16.4. The number of carbonyl (C=O) groups excluding carboxylic acids is 1. The summed E-state index contributed by atoms with van der Waals surface area (Å²) in [5, 5.41) is 7.69. The van der Waals surface area contributed by atoms with Gasteiger partial charge >= 0.3 is 6.01 Å². The number of hydrogen-bond acceptors (Lipinski definition) is 6. The predicted octanol–water partition coefficient (Wildman–Crippen LogP) is 0.906. The molecular formula is C15H20N6O2. The molecule has 1 fully saturated rings. The van der Waals surface area contributed by atoms with Crippen molar-refractivity contribution in [1.29, 1.82) is 0 Å². The molecule has 0 aromatic carbocycles. The Balaban J connectivity index is 1.67. The van der Waals surface area contributed by atoms with E-state index in [9.17, 15) is 4.79 Å². The molecule has 0 spiro atoms. The van der Waals surface area contributed by atoms with E-state index in [2.05, 4.69) is 20.3 Å². The summed E-state index contributed by atoms with van der Waals surface area (Å²) in [6.07, 6.45) is 3.27. The van der Waals surface area contributed by atoms with E-state index in [0.717, 1.165) is 24.2 Å². The van der Waals surface area contributed by atoms with Crippen molar-refractivity contribution in [2.24, 2.45) is 7.05 Å². The minimum Gasteiger partial charge on any atom is -0.458 e. The first-order chi connectivity index (χ1) is 11.0. The van der Waals surface area contributed by atoms with E-state index >= 15 is 0 Å². The van der Waals surface area contributed by atoms with Crippen LogP contribution in [0, 0.1) is 13.8 Å². The third-order valence-corrected chi connectivity index (χ3v) is 3.72. The summed E-state index contributed by atoms with van der Waals surface area (Å²) >= 11 is 0. The molecule has 122 valence electrons. The van der Waals surface area contributed by atoms with Crippen LogP contribution in [0.3, 0.4) is 0 Å². The van der Waals surface area contributed by atoms with Gasteiger partial charge in [-0.2, -0.15) is 0 Å². The molecule has 3 rings (SSSR count). The largest absolute Gasteiger partial charge is 0.458 e. The zero-order valence-corrected chi connectivity index (χ0v) is 13.6. The van der Waals surface area contributed by atoms with Crippen LogP contribution in [-0.2, 0) is 7.05 Å². The molecule has 0 aliphatic carbocycles. The van der Waals surface area contributed by atoms with E-state index < -0.39 is 0 Å². The Morgan fingerprint density at radius 1 is 1.30 bits per heavy atom. The Labute approximate surface area is 134 Å². The molecule has 1 aliphatic heterocycles. The molecular weight excluding hydrogens is 296 g/mol. The van der Waals surface area contributed by atoms with Crippen LogP contribution < -0.4 is 4.74 Å². The lowest BCUT2D eigenvalue weighted by Gasteiger charge is -2.31. The number of carbonyl (C=O) groups is 1. The predicted molar refractivity (Wildman–Crippen MR) is 82.1 cm³/mol. The number of piperidine rings is 1. The van der Waals surface area contributed by atoms with Gasteiger partial charge in [0.2, 0.25) is 0 Å². The highest BCUT2D eigenvalue weighted by molar-refractivity contribution is 5.92. The van der Waals surface area contributed by atoms with Crippen LogP contribution in [0.15, 0.2) is 12.3 Å². The van der Waals surface area contributed by atoms with E-state index in [1.807, 2.05) is 19.9 Å². The second-order valence-electron chi connectivity index (χ2n) is 5.84. The number of aromatic nitrogens is 5. The fraction of sp³-hybridized carbons (Fsp3) is 0.533. The fourth-order valence-corrected chi connectivity index (χ4v) is 2.72. The van der Waals surface area contributed by atoms with Gasteiger partial charge in [-0.3, -0.25) is 9.48 Å². The summed E-state index contributed by atoms with van der Waals surface area (Å²) in [4.78, 5) is 22.8. The molecule has 2 aromatic rings. The normalized spacial score (nSPS) is 18.0. The smallest absolute Gasteiger partial charge is 0.317 e. The van der Waals surface area contributed by atoms with Crippen molar-refractivity contribution in [3.63, 3.8) is 0 Å². The summed E-state index contributed by atoms with van der Waals surface area (Å²) in [5.74, 6) is -0.118. The second kappa shape index (κ2) is 6.31. The van der Waals surface area contributed by atoms with E-state index in [-0.39, 0.29) is 12.0 Å². The van der Waals surface area contributed by atoms with Gasteiger partial charge in [-0.1, -0.05) is 5.21 Å². The van der Waals surface area contributed by atoms with Crippen molar-refractivity contribution in [3.05, 3.63) is 29.3 Å². The molecule has 8 heteroatoms. The molecule has 3 heterocycles. The maximum Gasteiger partial charge on any atom is 0.317 e. The van der Waals surface area contributed by atoms with Gasteiger partial charge in [-0.05, 0) is 32.8 Å². The Morgan fingerprint density at radius 3 is 2.70 bits per heavy atom. The van der Waals surface area contributed by atoms with Gasteiger partial charge in [0.25, 0.3) is 5.91 Å². The fourth-order valence-electron chi connectivity index (χ4n) is 2.72. The van der Waals surface area contributed by atoms with E-state index in [0.29, 0.717) is 24.8 Å². The van der Waals surface area contributed by atoms with Crippen molar-refractivity contribution < 1.29 is 9.53 Å². The lowest BCUT2D eigenvalue weighted by Crippen LogP contribution is -2.44. The zero-order valence-electron chi connectivity index (χ0n) is 13.6. The molecule has 1 amide bonds. The summed E-state index contributed by atoms with van der Waals surface area (Å²) in [7, 11) is 1.74. The minimum absolute atomic E-state index is 0.106. The number of hydrogen-bond donors (Lipinski definition) is 0. The van der Waals surface area contributed by atoms with E-state index in [1.165, 1.54) is 4.68 Å². The number of aryl methyl sites for hydroxylation is 3. The third-order valence-electron chi connectivity index (χ3n) is 3.72. The molecule has 23 heavy (non-hydrogen) atoms. The first-order valence-electron chi connectivity index (χ1n) is 7.66. The molecule has 1 saturated heterocycles. The number of likely N-dealkylation sites (tertiary alicyclic amines) is 1. The summed E-state index contributed by atoms with van der Waals surface area (Å²) in [5.41, 5.74) is 2.10. The van der Waals surface area contributed by atoms with Crippen LogP contribution in [0.1, 0.15) is 34.7 Å². The Kier molecular flexibility index (Phi) is 4.22. The Hall–Kier alpha value is -2.51. The lowest BCUT2D eigenvalue weighted by molar-refractivity contribution is 0.0509. The molecule has 0 radical (unpaired) electrons. The van der Waals surface area contributed by atoms with E-state index in [4.69, 9.17) is 4.74 Å². The Morgan fingerprint density at radius 2 is 2.04 bits per heavy atom. The Bertz CT molecular complexity index is 693. The van der Waals surface area contributed by atoms with Crippen molar-refractivity contribution in [1.82, 2.24) is 29.9 Å². The summed E-state index contributed by atoms with van der Waals surface area (Å²) in [6, 6.07) is 2.28. The average Bonchev–Trinajstić information content (AvgIpc) is 2.92. The van der Waals surface area contributed by atoms with Crippen LogP contribution in [0.2, 0.25) is 0 Å². The quantitative estimate of drug-likeness (QED) is 0.836. The first-order valence-corrected chi connectivity index (χ1v) is 7.66. The molecule has 0 saturated carbocycles. The van der Waals surface area contributed by atoms with Gasteiger partial charge in [-0.25, -0.2) is 9.97 Å². The summed E-state index contributed by atoms with van der Waals surface area (Å²) in [6.45, 7) is 5.02. The average molecular weight is 316 g/mol. The van der Waals surface area contributed by atoms with Gasteiger partial charge in [0.1, 0.15) is 6.10 Å². The highest BCUT2D eigenvalue weighted by atomic mass is 16.5. The van der Waals surface area contributed by atoms with Crippen LogP contribution in [-0.4, -0.2) is 55.0 Å². The molecule has 0 bridgehead atoms. The van der Waals surface area contributed by atoms with Gasteiger partial charge in [0.05, 0.1) is 12.7 Å². The maximum atomic E-state index is 12.4. The van der Waals surface area contributed by atoms with Gasteiger partial charge in [0.15, 0.2) is 5.69 Å². The van der Waals surface area contributed by atoms with Crippen molar-refractivity contribution in [2.45, 2.75) is 32.8 Å². The monoisotopic (exact) mass is 316 g/mol. The van der Waals surface area contributed by atoms with E-state index in [1.54, 1.807) is 18.1 Å². The highest BCUT2D eigenvalue weighted by Gasteiger charge is 2.27. The summed E-state index contributed by atoms with van der Waals surface area (Å²) < 4.78 is 7.40. The number of rotatable bonds is 3. The van der Waals surface area contributed by atoms with Gasteiger partial charge in [0, 0.05) is 25.0 Å². The van der Waals surface area contributed by atoms with Crippen LogP contribution in [0.4, 0.5) is 0 Å². The third kappa shape index (κ3) is 3.64. The van der Waals surface area contributed by atoms with Crippen LogP contribution in [0.5, 0.6) is 6.01 Å². The number of amides is 1. The SMILES string of the molecule is Cc1cc(C)nc(O[C@H]2CCCN(C(=O)c3cn(C)nn3)C2)n1. The van der Waals surface area contributed by atoms with Crippen molar-refractivity contribution in [3.8, 4) is 6.01 Å². The lowest BCUT2D eigenvalue weighted by atomic mass is 10.1. The first kappa shape index (κ1) is 15.4. The molecule has 0 unspecified atom stereocenters. The second-order valence-corrected chi connectivity index (χ2v) is 5.84. The van der Waals surface area contributed by atoms with Crippen molar-refractivity contribution in [2.75, 3.05) is 13.1 Å². The number of nitrogens with zero attached hydrogens (tertiary/aromatic N) is 6. The topological polar surface area (TPSA) is 86.0 Å². The minimum atomic E-state index is -0.118. The van der Waals surface area contributed by atoms with Gasteiger partial charge < -0.3 is 9.64 Å².